The second-order valence-corrected chi connectivity index (χ2v) is 13.4. The Balaban J connectivity index is 1.63. The molecular weight excluding hydrogens is 484 g/mol. The minimum absolute atomic E-state index is 0.000111. The molecule has 2 aromatic rings. The van der Waals surface area contributed by atoms with E-state index in [1.54, 1.807) is 17.0 Å². The highest BCUT2D eigenvalue weighted by Gasteiger charge is 2.48. The highest BCUT2D eigenvalue weighted by atomic mass is 32.2. The van der Waals surface area contributed by atoms with Gasteiger partial charge in [-0.25, -0.2) is 29.9 Å². The minimum Gasteiger partial charge on any atom is -0.297 e. The van der Waals surface area contributed by atoms with E-state index in [0.717, 1.165) is 16.8 Å². The molecule has 11 heteroatoms. The van der Waals surface area contributed by atoms with Gasteiger partial charge in [0.25, 0.3) is 15.9 Å². The maximum Gasteiger partial charge on any atom is 0.264 e. The summed E-state index contributed by atoms with van der Waals surface area (Å²) in [6.07, 6.45) is 1.15. The van der Waals surface area contributed by atoms with Crippen molar-refractivity contribution in [3.63, 3.8) is 0 Å². The third-order valence-electron chi connectivity index (χ3n) is 6.70. The molecule has 2 aliphatic rings. The van der Waals surface area contributed by atoms with Crippen molar-refractivity contribution in [1.29, 1.82) is 0 Å². The van der Waals surface area contributed by atoms with Crippen molar-refractivity contribution in [3.05, 3.63) is 54.1 Å². The van der Waals surface area contributed by atoms with Crippen molar-refractivity contribution >= 4 is 25.7 Å². The van der Waals surface area contributed by atoms with E-state index in [-0.39, 0.29) is 22.9 Å². The number of fused-ring (bicyclic) bond motifs is 2. The number of hydrogen-bond donors (Lipinski definition) is 0. The quantitative estimate of drug-likeness (QED) is 0.593. The summed E-state index contributed by atoms with van der Waals surface area (Å²) in [5.41, 5.74) is 1.05. The highest BCUT2D eigenvalue weighted by molar-refractivity contribution is 7.93. The monoisotopic (exact) mass is 513 g/mol. The fraction of sp³-hybridized carbons (Fsp3) is 0.478. The first kappa shape index (κ1) is 25.0. The van der Waals surface area contributed by atoms with E-state index >= 15 is 0 Å². The van der Waals surface area contributed by atoms with Crippen molar-refractivity contribution in [2.45, 2.75) is 40.9 Å². The number of halogens is 2. The number of nitrogens with zero attached hydrogens (tertiary/aromatic N) is 3. The molecule has 0 radical (unpaired) electrons. The van der Waals surface area contributed by atoms with E-state index in [0.29, 0.717) is 31.6 Å². The van der Waals surface area contributed by atoms with Gasteiger partial charge in [0.15, 0.2) is 0 Å². The summed E-state index contributed by atoms with van der Waals surface area (Å²) in [5, 5.41) is 0. The lowest BCUT2D eigenvalue weighted by molar-refractivity contribution is -0.0236. The first-order chi connectivity index (χ1) is 15.8. The molecule has 1 fully saturated rings. The summed E-state index contributed by atoms with van der Waals surface area (Å²) in [5.74, 6) is -2.78. The summed E-state index contributed by atoms with van der Waals surface area (Å²) < 4.78 is 81.4. The van der Waals surface area contributed by atoms with Gasteiger partial charge in [-0.1, -0.05) is 18.2 Å². The van der Waals surface area contributed by atoms with Crippen molar-refractivity contribution in [1.82, 2.24) is 9.21 Å². The van der Waals surface area contributed by atoms with Gasteiger partial charge in [0.05, 0.1) is 22.0 Å². The average Bonchev–Trinajstić information content (AvgIpc) is 3.10. The van der Waals surface area contributed by atoms with Crippen LogP contribution in [0.3, 0.4) is 0 Å². The van der Waals surface area contributed by atoms with Gasteiger partial charge in [0, 0.05) is 33.0 Å². The van der Waals surface area contributed by atoms with E-state index in [1.165, 1.54) is 42.7 Å². The van der Waals surface area contributed by atoms with Gasteiger partial charge in [-0.3, -0.25) is 9.21 Å². The molecule has 0 saturated carbocycles. The Kier molecular flexibility index (Phi) is 6.29. The zero-order valence-corrected chi connectivity index (χ0v) is 21.0. The Morgan fingerprint density at radius 2 is 1.50 bits per heavy atom. The molecule has 0 N–H and O–H groups in total. The van der Waals surface area contributed by atoms with Gasteiger partial charge in [-0.2, -0.15) is 0 Å². The molecule has 0 unspecified atom stereocenters. The fourth-order valence-electron chi connectivity index (χ4n) is 4.88. The molecule has 0 amide bonds. The molecule has 0 aliphatic carbocycles. The topological polar surface area (TPSA) is 78.0 Å². The highest BCUT2D eigenvalue weighted by Crippen LogP contribution is 2.48. The molecule has 0 aromatic heterocycles. The molecule has 0 atom stereocenters. The van der Waals surface area contributed by atoms with Crippen molar-refractivity contribution < 1.29 is 25.6 Å². The largest absolute Gasteiger partial charge is 0.297 e. The third-order valence-corrected chi connectivity index (χ3v) is 10.3. The fourth-order valence-corrected chi connectivity index (χ4v) is 7.35. The number of piperidine rings is 1. The maximum atomic E-state index is 13.6. The number of anilines is 1. The lowest BCUT2D eigenvalue weighted by atomic mass is 9.74. The normalized spacial score (nSPS) is 19.1. The van der Waals surface area contributed by atoms with Gasteiger partial charge in [-0.15, -0.1) is 0 Å². The van der Waals surface area contributed by atoms with Crippen LogP contribution in [0.15, 0.2) is 58.3 Å². The van der Waals surface area contributed by atoms with Gasteiger partial charge in [-0.05, 0) is 61.8 Å². The van der Waals surface area contributed by atoms with E-state index in [9.17, 15) is 25.6 Å². The standard InChI is InChI=1S/C23H29F2N3O4S2/c1-22(24,25)16-27-14-12-23(13-15-27)17-28(21-7-5-4-6-20(21)23)34(31,32)19-10-8-18(9-11-19)33(29,30)26(2)3/h4-11H,12-17H2,1-3H3. The third kappa shape index (κ3) is 4.46. The molecule has 4 rings (SSSR count). The van der Waals surface area contributed by atoms with Crippen LogP contribution in [0.2, 0.25) is 0 Å². The zero-order valence-electron chi connectivity index (χ0n) is 19.4. The van der Waals surface area contributed by atoms with Gasteiger partial charge in [0.2, 0.25) is 10.0 Å². The summed E-state index contributed by atoms with van der Waals surface area (Å²) in [7, 11) is -4.82. The second kappa shape index (κ2) is 8.54. The van der Waals surface area contributed by atoms with Crippen LogP contribution in [0, 0.1) is 0 Å². The van der Waals surface area contributed by atoms with Crippen molar-refractivity contribution in [2.24, 2.45) is 0 Å². The van der Waals surface area contributed by atoms with Crippen LogP contribution in [0.4, 0.5) is 14.5 Å². The lowest BCUT2D eigenvalue weighted by Gasteiger charge is -2.40. The van der Waals surface area contributed by atoms with Crippen LogP contribution in [0.1, 0.15) is 25.3 Å². The number of hydrogen-bond acceptors (Lipinski definition) is 5. The van der Waals surface area contributed by atoms with Crippen molar-refractivity contribution in [2.75, 3.05) is 44.6 Å². The average molecular weight is 514 g/mol. The summed E-state index contributed by atoms with van der Waals surface area (Å²) in [4.78, 5) is 1.74. The number of likely N-dealkylation sites (tertiary alicyclic amines) is 1. The van der Waals surface area contributed by atoms with Crippen LogP contribution >= 0.6 is 0 Å². The number of sulfonamides is 2. The van der Waals surface area contributed by atoms with E-state index in [2.05, 4.69) is 0 Å². The minimum atomic E-state index is -3.96. The summed E-state index contributed by atoms with van der Waals surface area (Å²) >= 11 is 0. The Bertz CT molecular complexity index is 1270. The Labute approximate surface area is 200 Å². The zero-order chi connectivity index (χ0) is 24.9. The van der Waals surface area contributed by atoms with Gasteiger partial charge < -0.3 is 0 Å². The number of rotatable bonds is 6. The SMILES string of the molecule is CN(C)S(=O)(=O)c1ccc(S(=O)(=O)N2CC3(CCN(CC(C)(F)F)CC3)c3ccccc32)cc1. The van der Waals surface area contributed by atoms with Gasteiger partial charge >= 0.3 is 0 Å². The molecule has 2 heterocycles. The lowest BCUT2D eigenvalue weighted by Crippen LogP contribution is -2.48. The van der Waals surface area contributed by atoms with Crippen LogP contribution in [0.25, 0.3) is 0 Å². The first-order valence-corrected chi connectivity index (χ1v) is 13.9. The van der Waals surface area contributed by atoms with Crippen molar-refractivity contribution in [3.8, 4) is 0 Å². The molecule has 1 saturated heterocycles. The molecule has 1 spiro atoms. The Morgan fingerprint density at radius 1 is 0.941 bits per heavy atom. The Hall–Kier alpha value is -2.08. The summed E-state index contributed by atoms with van der Waals surface area (Å²) in [6, 6.07) is 12.5. The predicted octanol–water partition coefficient (Wildman–Crippen LogP) is 3.13. The smallest absolute Gasteiger partial charge is 0.264 e. The molecule has 2 aliphatic heterocycles. The molecular formula is C23H29F2N3O4S2. The number of benzene rings is 2. The second-order valence-electron chi connectivity index (χ2n) is 9.41. The van der Waals surface area contributed by atoms with E-state index in [1.807, 2.05) is 12.1 Å². The van der Waals surface area contributed by atoms with Crippen LogP contribution in [-0.4, -0.2) is 72.2 Å². The van der Waals surface area contributed by atoms with Gasteiger partial charge in [0.1, 0.15) is 0 Å². The molecule has 0 bridgehead atoms. The molecule has 34 heavy (non-hydrogen) atoms. The maximum absolute atomic E-state index is 13.6. The van der Waals surface area contributed by atoms with Crippen LogP contribution in [0.5, 0.6) is 0 Å². The number of alkyl halides is 2. The first-order valence-electron chi connectivity index (χ1n) is 11.0. The number of para-hydroxylation sites is 1. The molecule has 2 aromatic carbocycles. The predicted molar refractivity (Wildman–Crippen MR) is 126 cm³/mol. The van der Waals surface area contributed by atoms with E-state index < -0.39 is 31.4 Å². The van der Waals surface area contributed by atoms with Crippen LogP contribution in [-0.2, 0) is 25.5 Å². The summed E-state index contributed by atoms with van der Waals surface area (Å²) in [6.45, 7) is 1.74. The van der Waals surface area contributed by atoms with Crippen LogP contribution < -0.4 is 4.31 Å². The van der Waals surface area contributed by atoms with E-state index in [4.69, 9.17) is 0 Å². The Morgan fingerprint density at radius 3 is 2.06 bits per heavy atom. The molecule has 186 valence electrons. The molecule has 7 nitrogen and oxygen atoms in total.